The van der Waals surface area contributed by atoms with E-state index in [1.165, 1.54) is 17.2 Å². The molecule has 2 aromatic rings. The molecule has 18 heavy (non-hydrogen) atoms. The first-order valence-electron chi connectivity index (χ1n) is 5.90. The molecule has 1 aromatic heterocycles. The molecule has 0 bridgehead atoms. The van der Waals surface area contributed by atoms with Crippen LogP contribution in [0.2, 0.25) is 0 Å². The molecule has 0 saturated carbocycles. The number of hydrogen-bond acceptors (Lipinski definition) is 3. The summed E-state index contributed by atoms with van der Waals surface area (Å²) >= 11 is 0. The first kappa shape index (κ1) is 10.8. The number of H-pyrrole nitrogens is 2. The van der Waals surface area contributed by atoms with Gasteiger partial charge in [-0.15, -0.1) is 0 Å². The van der Waals surface area contributed by atoms with Crippen molar-refractivity contribution in [3.05, 3.63) is 62.3 Å². The Morgan fingerprint density at radius 1 is 1.17 bits per heavy atom. The molecule has 3 rings (SSSR count). The van der Waals surface area contributed by atoms with Crippen LogP contribution in [0.1, 0.15) is 23.6 Å². The Kier molecular flexibility index (Phi) is 2.51. The second-order valence-electron chi connectivity index (χ2n) is 4.44. The number of anilines is 1. The summed E-state index contributed by atoms with van der Waals surface area (Å²) in [5.74, 6) is 0.463. The van der Waals surface area contributed by atoms with Gasteiger partial charge >= 0.3 is 5.69 Å². The summed E-state index contributed by atoms with van der Waals surface area (Å²) in [6, 6.07) is 9.72. The van der Waals surface area contributed by atoms with Gasteiger partial charge in [0.2, 0.25) is 0 Å². The van der Waals surface area contributed by atoms with E-state index in [1.807, 2.05) is 12.1 Å². The van der Waals surface area contributed by atoms with Crippen molar-refractivity contribution in [2.24, 2.45) is 0 Å². The number of aromatic amines is 2. The minimum absolute atomic E-state index is 0.152. The molecule has 0 aliphatic heterocycles. The number of fused-ring (bicyclic) bond motifs is 1. The highest BCUT2D eigenvalue weighted by molar-refractivity contribution is 5.42. The highest BCUT2D eigenvalue weighted by Crippen LogP contribution is 2.32. The van der Waals surface area contributed by atoms with Gasteiger partial charge in [0, 0.05) is 6.07 Å². The smallest absolute Gasteiger partial charge is 0.327 e. The van der Waals surface area contributed by atoms with Crippen LogP contribution >= 0.6 is 0 Å². The average molecular weight is 243 g/mol. The van der Waals surface area contributed by atoms with Crippen LogP contribution in [-0.2, 0) is 6.42 Å². The van der Waals surface area contributed by atoms with Crippen LogP contribution in [0.4, 0.5) is 5.82 Å². The number of benzene rings is 1. The second-order valence-corrected chi connectivity index (χ2v) is 4.44. The van der Waals surface area contributed by atoms with E-state index in [1.54, 1.807) is 0 Å². The zero-order valence-corrected chi connectivity index (χ0v) is 9.69. The summed E-state index contributed by atoms with van der Waals surface area (Å²) in [7, 11) is 0. The Morgan fingerprint density at radius 2 is 2.00 bits per heavy atom. The minimum atomic E-state index is -0.490. The third-order valence-corrected chi connectivity index (χ3v) is 3.22. The lowest BCUT2D eigenvalue weighted by Crippen LogP contribution is -2.23. The largest absolute Gasteiger partial charge is 0.365 e. The molecular weight excluding hydrogens is 230 g/mol. The van der Waals surface area contributed by atoms with Gasteiger partial charge in [-0.25, -0.2) is 4.79 Å². The van der Waals surface area contributed by atoms with Crippen LogP contribution in [0.3, 0.4) is 0 Å². The van der Waals surface area contributed by atoms with Crippen molar-refractivity contribution < 1.29 is 0 Å². The molecule has 1 atom stereocenters. The van der Waals surface area contributed by atoms with Crippen LogP contribution in [-0.4, -0.2) is 9.97 Å². The van der Waals surface area contributed by atoms with E-state index >= 15 is 0 Å². The Bertz CT molecular complexity index is 659. The maximum Gasteiger partial charge on any atom is 0.327 e. The number of nitrogens with one attached hydrogen (secondary N) is 3. The van der Waals surface area contributed by atoms with Crippen molar-refractivity contribution in [1.82, 2.24) is 9.97 Å². The molecule has 0 fully saturated rings. The van der Waals surface area contributed by atoms with E-state index in [-0.39, 0.29) is 6.04 Å². The molecule has 0 unspecified atom stereocenters. The first-order chi connectivity index (χ1) is 8.72. The van der Waals surface area contributed by atoms with Crippen LogP contribution in [0.5, 0.6) is 0 Å². The summed E-state index contributed by atoms with van der Waals surface area (Å²) in [5, 5.41) is 3.20. The number of aromatic nitrogens is 2. The van der Waals surface area contributed by atoms with Crippen molar-refractivity contribution in [1.29, 1.82) is 0 Å². The zero-order chi connectivity index (χ0) is 12.5. The molecule has 1 aliphatic rings. The van der Waals surface area contributed by atoms with Crippen LogP contribution < -0.4 is 16.6 Å². The third kappa shape index (κ3) is 1.95. The van der Waals surface area contributed by atoms with E-state index in [9.17, 15) is 9.59 Å². The van der Waals surface area contributed by atoms with Gasteiger partial charge in [0.25, 0.3) is 5.56 Å². The summed E-state index contributed by atoms with van der Waals surface area (Å²) in [5.41, 5.74) is 1.67. The molecule has 3 N–H and O–H groups in total. The standard InChI is InChI=1S/C13H13N3O2/c17-12-7-11(15-13(18)16-12)14-10-6-5-8-3-1-2-4-9(8)10/h1-4,7,10H,5-6H2,(H3,14,15,16,17,18)/t10-/m0/s1. The van der Waals surface area contributed by atoms with E-state index < -0.39 is 11.2 Å². The molecule has 92 valence electrons. The molecular formula is C13H13N3O2. The fraction of sp³-hybridized carbons (Fsp3) is 0.231. The second kappa shape index (κ2) is 4.18. The van der Waals surface area contributed by atoms with Gasteiger partial charge in [-0.05, 0) is 24.0 Å². The van der Waals surface area contributed by atoms with Crippen molar-refractivity contribution in [3.63, 3.8) is 0 Å². The molecule has 0 radical (unpaired) electrons. The van der Waals surface area contributed by atoms with Crippen LogP contribution in [0.15, 0.2) is 39.9 Å². The highest BCUT2D eigenvalue weighted by Gasteiger charge is 2.21. The topological polar surface area (TPSA) is 77.8 Å². The molecule has 1 aromatic carbocycles. The van der Waals surface area contributed by atoms with Crippen LogP contribution in [0, 0.1) is 0 Å². The van der Waals surface area contributed by atoms with E-state index in [2.05, 4.69) is 27.4 Å². The normalized spacial score (nSPS) is 17.4. The van der Waals surface area contributed by atoms with Gasteiger partial charge < -0.3 is 5.32 Å². The molecule has 1 aliphatic carbocycles. The summed E-state index contributed by atoms with van der Waals surface area (Å²) in [6.07, 6.45) is 1.98. The lowest BCUT2D eigenvalue weighted by Gasteiger charge is -2.14. The van der Waals surface area contributed by atoms with Gasteiger partial charge in [0.1, 0.15) is 5.82 Å². The number of hydrogen-bond donors (Lipinski definition) is 3. The van der Waals surface area contributed by atoms with Crippen molar-refractivity contribution in [3.8, 4) is 0 Å². The number of aryl methyl sites for hydroxylation is 1. The Hall–Kier alpha value is -2.30. The summed E-state index contributed by atoms with van der Waals surface area (Å²) in [6.45, 7) is 0. The van der Waals surface area contributed by atoms with Gasteiger partial charge in [0.05, 0.1) is 6.04 Å². The summed E-state index contributed by atoms with van der Waals surface area (Å²) < 4.78 is 0. The van der Waals surface area contributed by atoms with Crippen LogP contribution in [0.25, 0.3) is 0 Å². The average Bonchev–Trinajstić information content (AvgIpc) is 2.72. The fourth-order valence-corrected chi connectivity index (χ4v) is 2.44. The minimum Gasteiger partial charge on any atom is -0.365 e. The molecule has 5 heteroatoms. The summed E-state index contributed by atoms with van der Waals surface area (Å²) in [4.78, 5) is 27.1. The highest BCUT2D eigenvalue weighted by atomic mass is 16.2. The Balaban J connectivity index is 1.91. The molecule has 0 amide bonds. The SMILES string of the molecule is O=c1cc(N[C@H]2CCc3ccccc32)[nH]c(=O)[nH]1. The maximum absolute atomic E-state index is 11.2. The maximum atomic E-state index is 11.2. The number of rotatable bonds is 2. The van der Waals surface area contributed by atoms with E-state index in [0.29, 0.717) is 5.82 Å². The monoisotopic (exact) mass is 243 g/mol. The lowest BCUT2D eigenvalue weighted by atomic mass is 10.1. The third-order valence-electron chi connectivity index (χ3n) is 3.22. The zero-order valence-electron chi connectivity index (χ0n) is 9.69. The molecule has 0 saturated heterocycles. The van der Waals surface area contributed by atoms with Crippen molar-refractivity contribution in [2.45, 2.75) is 18.9 Å². The predicted octanol–water partition coefficient (Wildman–Crippen LogP) is 1.16. The predicted molar refractivity (Wildman–Crippen MR) is 68.8 cm³/mol. The van der Waals surface area contributed by atoms with E-state index in [0.717, 1.165) is 12.8 Å². The van der Waals surface area contributed by atoms with Gasteiger partial charge in [-0.1, -0.05) is 24.3 Å². The Morgan fingerprint density at radius 3 is 2.83 bits per heavy atom. The molecule has 0 spiro atoms. The van der Waals surface area contributed by atoms with E-state index in [4.69, 9.17) is 0 Å². The molecule has 5 nitrogen and oxygen atoms in total. The van der Waals surface area contributed by atoms with Gasteiger partial charge in [0.15, 0.2) is 0 Å². The Labute approximate surface area is 103 Å². The van der Waals surface area contributed by atoms with Crippen molar-refractivity contribution >= 4 is 5.82 Å². The first-order valence-corrected chi connectivity index (χ1v) is 5.90. The quantitative estimate of drug-likeness (QED) is 0.740. The van der Waals surface area contributed by atoms with Gasteiger partial charge in [-0.3, -0.25) is 14.8 Å². The molecule has 1 heterocycles. The van der Waals surface area contributed by atoms with Gasteiger partial charge in [-0.2, -0.15) is 0 Å². The fourth-order valence-electron chi connectivity index (χ4n) is 2.44. The lowest BCUT2D eigenvalue weighted by molar-refractivity contribution is 0.754. The van der Waals surface area contributed by atoms with Crippen molar-refractivity contribution in [2.75, 3.05) is 5.32 Å².